The van der Waals surface area contributed by atoms with Gasteiger partial charge in [-0.2, -0.15) is 5.10 Å². The number of aryl methyl sites for hydroxylation is 2. The summed E-state index contributed by atoms with van der Waals surface area (Å²) in [6.07, 6.45) is 5.63. The predicted molar refractivity (Wildman–Crippen MR) is 81.7 cm³/mol. The molecule has 1 N–H and O–H groups in total. The fraction of sp³-hybridized carbons (Fsp3) is 0.812. The van der Waals surface area contributed by atoms with Crippen LogP contribution in [0.15, 0.2) is 12.3 Å². The summed E-state index contributed by atoms with van der Waals surface area (Å²) in [5, 5.41) is 7.90. The molecule has 1 aliphatic rings. The average Bonchev–Trinajstić information content (AvgIpc) is 2.94. The Hall–Kier alpha value is -0.870. The third-order valence-corrected chi connectivity index (χ3v) is 4.66. The van der Waals surface area contributed by atoms with E-state index in [4.69, 9.17) is 4.74 Å². The van der Waals surface area contributed by atoms with E-state index in [1.165, 1.54) is 12.1 Å². The number of aromatic nitrogens is 2. The van der Waals surface area contributed by atoms with E-state index in [0.29, 0.717) is 12.0 Å². The van der Waals surface area contributed by atoms with Crippen LogP contribution in [0.1, 0.15) is 39.3 Å². The Balaban J connectivity index is 1.95. The Kier molecular flexibility index (Phi) is 5.22. The van der Waals surface area contributed by atoms with E-state index >= 15 is 0 Å². The first-order chi connectivity index (χ1) is 9.53. The van der Waals surface area contributed by atoms with Crippen molar-refractivity contribution in [2.24, 2.45) is 18.4 Å². The smallest absolute Gasteiger partial charge is 0.0616 e. The molecule has 2 atom stereocenters. The second kappa shape index (κ2) is 6.72. The molecule has 1 fully saturated rings. The Morgan fingerprint density at radius 1 is 1.55 bits per heavy atom. The van der Waals surface area contributed by atoms with Crippen molar-refractivity contribution in [3.8, 4) is 0 Å². The number of nitrogens with one attached hydrogen (secondary N) is 1. The molecular formula is C16H29N3O. The minimum absolute atomic E-state index is 0.277. The number of hydrogen-bond donors (Lipinski definition) is 1. The predicted octanol–water partition coefficient (Wildman–Crippen LogP) is 2.39. The van der Waals surface area contributed by atoms with Crippen LogP contribution in [0.25, 0.3) is 0 Å². The van der Waals surface area contributed by atoms with Gasteiger partial charge in [-0.1, -0.05) is 13.8 Å². The first-order valence-electron chi connectivity index (χ1n) is 7.83. The molecule has 1 aromatic heterocycles. The summed E-state index contributed by atoms with van der Waals surface area (Å²) in [5.41, 5.74) is 1.59. The number of nitrogens with zero attached hydrogens (tertiary/aromatic N) is 2. The van der Waals surface area contributed by atoms with Crippen molar-refractivity contribution in [3.05, 3.63) is 18.0 Å². The molecule has 0 bridgehead atoms. The summed E-state index contributed by atoms with van der Waals surface area (Å²) in [4.78, 5) is 0. The quantitative estimate of drug-likeness (QED) is 0.833. The van der Waals surface area contributed by atoms with Gasteiger partial charge in [0.05, 0.1) is 6.10 Å². The minimum atomic E-state index is 0.277. The molecule has 2 heterocycles. The molecule has 1 saturated heterocycles. The van der Waals surface area contributed by atoms with E-state index < -0.39 is 0 Å². The number of hydrogen-bond acceptors (Lipinski definition) is 3. The molecule has 4 heteroatoms. The molecule has 0 spiro atoms. The highest BCUT2D eigenvalue weighted by molar-refractivity contribution is 5.03. The third-order valence-electron chi connectivity index (χ3n) is 4.66. The summed E-state index contributed by atoms with van der Waals surface area (Å²) in [7, 11) is 2.02. The van der Waals surface area contributed by atoms with Crippen LogP contribution in [0.5, 0.6) is 0 Å². The van der Waals surface area contributed by atoms with E-state index in [2.05, 4.69) is 37.3 Å². The summed E-state index contributed by atoms with van der Waals surface area (Å²) < 4.78 is 7.85. The van der Waals surface area contributed by atoms with E-state index in [1.807, 2.05) is 17.9 Å². The van der Waals surface area contributed by atoms with Gasteiger partial charge in [0.1, 0.15) is 0 Å². The molecule has 1 aromatic rings. The van der Waals surface area contributed by atoms with Crippen molar-refractivity contribution in [1.82, 2.24) is 15.1 Å². The maximum Gasteiger partial charge on any atom is 0.0616 e. The second-order valence-electron chi connectivity index (χ2n) is 6.60. The molecule has 0 amide bonds. The van der Waals surface area contributed by atoms with Crippen molar-refractivity contribution in [2.45, 2.75) is 46.1 Å². The topological polar surface area (TPSA) is 39.1 Å². The number of rotatable bonds is 7. The van der Waals surface area contributed by atoms with Crippen molar-refractivity contribution in [1.29, 1.82) is 0 Å². The van der Waals surface area contributed by atoms with E-state index in [1.54, 1.807) is 0 Å². The highest BCUT2D eigenvalue weighted by Gasteiger charge is 2.40. The molecule has 114 valence electrons. The molecule has 0 radical (unpaired) electrons. The number of ether oxygens (including phenoxy) is 1. The zero-order valence-corrected chi connectivity index (χ0v) is 13.4. The summed E-state index contributed by atoms with van der Waals surface area (Å²) in [6, 6.07) is 2.12. The van der Waals surface area contributed by atoms with Crippen LogP contribution in [0.3, 0.4) is 0 Å². The summed E-state index contributed by atoms with van der Waals surface area (Å²) in [5.74, 6) is 0.696. The average molecular weight is 279 g/mol. The van der Waals surface area contributed by atoms with Gasteiger partial charge in [-0.25, -0.2) is 0 Å². The molecule has 0 aromatic carbocycles. The fourth-order valence-corrected chi connectivity index (χ4v) is 3.10. The highest BCUT2D eigenvalue weighted by Crippen LogP contribution is 2.38. The van der Waals surface area contributed by atoms with E-state index in [0.717, 1.165) is 32.5 Å². The van der Waals surface area contributed by atoms with Gasteiger partial charge >= 0.3 is 0 Å². The molecular weight excluding hydrogens is 250 g/mol. The molecule has 4 nitrogen and oxygen atoms in total. The molecule has 20 heavy (non-hydrogen) atoms. The third kappa shape index (κ3) is 3.61. The van der Waals surface area contributed by atoms with E-state index in [9.17, 15) is 0 Å². The Morgan fingerprint density at radius 2 is 2.35 bits per heavy atom. The molecule has 0 saturated carbocycles. The maximum atomic E-state index is 5.86. The van der Waals surface area contributed by atoms with Crippen LogP contribution in [-0.2, 0) is 18.2 Å². The van der Waals surface area contributed by atoms with Crippen LogP contribution in [0.2, 0.25) is 0 Å². The van der Waals surface area contributed by atoms with Gasteiger partial charge in [-0.3, -0.25) is 4.68 Å². The van der Waals surface area contributed by atoms with Crippen molar-refractivity contribution >= 4 is 0 Å². The first kappa shape index (κ1) is 15.5. The largest absolute Gasteiger partial charge is 0.378 e. The maximum absolute atomic E-state index is 5.86. The lowest BCUT2D eigenvalue weighted by atomic mass is 9.77. The van der Waals surface area contributed by atoms with Gasteiger partial charge in [0.25, 0.3) is 0 Å². The van der Waals surface area contributed by atoms with Crippen molar-refractivity contribution in [2.75, 3.05) is 19.7 Å². The van der Waals surface area contributed by atoms with Crippen LogP contribution in [0, 0.1) is 11.3 Å². The molecule has 0 aliphatic carbocycles. The lowest BCUT2D eigenvalue weighted by Crippen LogP contribution is -2.41. The van der Waals surface area contributed by atoms with Gasteiger partial charge in [0.2, 0.25) is 0 Å². The lowest BCUT2D eigenvalue weighted by molar-refractivity contribution is 0.0580. The minimum Gasteiger partial charge on any atom is -0.378 e. The van der Waals surface area contributed by atoms with Gasteiger partial charge in [0.15, 0.2) is 0 Å². The summed E-state index contributed by atoms with van der Waals surface area (Å²) in [6.45, 7) is 9.78. The standard InChI is InChI=1S/C16H29N3O/c1-13(2)11-17-12-16(8-10-20-14(16)3)7-5-15-6-9-18-19(15)4/h6,9,13-14,17H,5,7-8,10-12H2,1-4H3. The second-order valence-corrected chi connectivity index (χ2v) is 6.60. The molecule has 2 unspecified atom stereocenters. The van der Waals surface area contributed by atoms with Crippen molar-refractivity contribution in [3.63, 3.8) is 0 Å². The van der Waals surface area contributed by atoms with Gasteiger partial charge in [-0.05, 0) is 44.7 Å². The fourth-order valence-electron chi connectivity index (χ4n) is 3.10. The first-order valence-corrected chi connectivity index (χ1v) is 7.83. The monoisotopic (exact) mass is 279 g/mol. The lowest BCUT2D eigenvalue weighted by Gasteiger charge is -2.33. The zero-order chi connectivity index (χ0) is 14.6. The Bertz CT molecular complexity index is 416. The van der Waals surface area contributed by atoms with Crippen LogP contribution < -0.4 is 5.32 Å². The SMILES string of the molecule is CC(C)CNCC1(CCc2ccnn2C)CCOC1C. The van der Waals surface area contributed by atoms with Crippen LogP contribution in [0.4, 0.5) is 0 Å². The van der Waals surface area contributed by atoms with E-state index in [-0.39, 0.29) is 5.41 Å². The van der Waals surface area contributed by atoms with Gasteiger partial charge in [-0.15, -0.1) is 0 Å². The van der Waals surface area contributed by atoms with Gasteiger partial charge in [0, 0.05) is 37.5 Å². The van der Waals surface area contributed by atoms with Gasteiger partial charge < -0.3 is 10.1 Å². The zero-order valence-electron chi connectivity index (χ0n) is 13.4. The molecule has 2 rings (SSSR count). The Morgan fingerprint density at radius 3 is 2.90 bits per heavy atom. The Labute approximate surface area is 122 Å². The normalized spacial score (nSPS) is 26.6. The van der Waals surface area contributed by atoms with Crippen LogP contribution in [-0.4, -0.2) is 35.6 Å². The summed E-state index contributed by atoms with van der Waals surface area (Å²) >= 11 is 0. The molecule has 1 aliphatic heterocycles. The highest BCUT2D eigenvalue weighted by atomic mass is 16.5. The van der Waals surface area contributed by atoms with Crippen molar-refractivity contribution < 1.29 is 4.74 Å². The van der Waals surface area contributed by atoms with Crippen LogP contribution >= 0.6 is 0 Å².